The maximum atomic E-state index is 11.2. The molecule has 0 fully saturated rings. The van der Waals surface area contributed by atoms with Crippen LogP contribution in [0.5, 0.6) is 0 Å². The van der Waals surface area contributed by atoms with Gasteiger partial charge in [-0.2, -0.15) is 0 Å². The van der Waals surface area contributed by atoms with Crippen LogP contribution in [0.3, 0.4) is 0 Å². The van der Waals surface area contributed by atoms with Crippen molar-refractivity contribution >= 4 is 29.2 Å². The van der Waals surface area contributed by atoms with Crippen molar-refractivity contribution in [3.05, 3.63) is 46.0 Å². The van der Waals surface area contributed by atoms with Crippen LogP contribution in [-0.4, -0.2) is 27.8 Å². The first-order chi connectivity index (χ1) is 8.61. The van der Waals surface area contributed by atoms with Crippen LogP contribution in [0.2, 0.25) is 10.0 Å². The average Bonchev–Trinajstić information content (AvgIpc) is 2.81. The van der Waals surface area contributed by atoms with Crippen molar-refractivity contribution in [3.8, 4) is 0 Å². The zero-order valence-electron chi connectivity index (χ0n) is 9.43. The number of carbonyl (C=O) groups excluding carboxylic acids is 1. The van der Waals surface area contributed by atoms with Gasteiger partial charge in [-0.1, -0.05) is 29.3 Å². The molecule has 1 aromatic carbocycles. The largest absolute Gasteiger partial charge is 0.463 e. The molecule has 1 aromatic heterocycles. The molecule has 18 heavy (non-hydrogen) atoms. The zero-order chi connectivity index (χ0) is 13.1. The molecule has 2 aromatic rings. The molecular weight excluding hydrogens is 277 g/mol. The highest BCUT2D eigenvalue weighted by Gasteiger charge is 2.13. The third-order valence-corrected chi connectivity index (χ3v) is 2.99. The van der Waals surface area contributed by atoms with Crippen molar-refractivity contribution in [2.45, 2.75) is 6.54 Å². The summed E-state index contributed by atoms with van der Waals surface area (Å²) in [6.07, 6.45) is 1.42. The van der Waals surface area contributed by atoms with Gasteiger partial charge in [0, 0.05) is 15.6 Å². The normalized spacial score (nSPS) is 10.4. The number of hydrogen-bond donors (Lipinski definition) is 0. The molecule has 0 atom stereocenters. The van der Waals surface area contributed by atoms with Crippen molar-refractivity contribution in [2.75, 3.05) is 7.11 Å². The number of benzene rings is 1. The first kappa shape index (κ1) is 12.9. The van der Waals surface area contributed by atoms with Crippen LogP contribution >= 0.6 is 23.2 Å². The predicted octanol–water partition coefficient (Wildman–Crippen LogP) is 2.42. The fourth-order valence-corrected chi connectivity index (χ4v) is 1.92. The molecule has 5 nitrogen and oxygen atoms in total. The van der Waals surface area contributed by atoms with Gasteiger partial charge in [0.1, 0.15) is 6.33 Å². The molecule has 0 amide bonds. The van der Waals surface area contributed by atoms with Crippen LogP contribution in [0.4, 0.5) is 0 Å². The Labute approximate surface area is 113 Å². The summed E-state index contributed by atoms with van der Waals surface area (Å²) in [5.74, 6) is -0.584. The molecule has 2 rings (SSSR count). The molecule has 0 aliphatic carbocycles. The maximum Gasteiger partial charge on any atom is 0.377 e. The van der Waals surface area contributed by atoms with Crippen molar-refractivity contribution < 1.29 is 9.53 Å². The quantitative estimate of drug-likeness (QED) is 0.813. The van der Waals surface area contributed by atoms with Crippen LogP contribution in [0.25, 0.3) is 0 Å². The minimum absolute atomic E-state index is 0.000626. The highest BCUT2D eigenvalue weighted by Crippen LogP contribution is 2.24. The number of hydrogen-bond acceptors (Lipinski definition) is 4. The number of rotatable bonds is 3. The molecule has 94 valence electrons. The Bertz CT molecular complexity index is 563. The second kappa shape index (κ2) is 5.37. The SMILES string of the molecule is COC(=O)c1ncn(Cc2c(Cl)cccc2Cl)n1. The lowest BCUT2D eigenvalue weighted by molar-refractivity contribution is 0.0586. The molecule has 0 bridgehead atoms. The van der Waals surface area contributed by atoms with Crippen molar-refractivity contribution in [1.29, 1.82) is 0 Å². The predicted molar refractivity (Wildman–Crippen MR) is 66.9 cm³/mol. The average molecular weight is 286 g/mol. The van der Waals surface area contributed by atoms with Gasteiger partial charge >= 0.3 is 5.97 Å². The Balaban J connectivity index is 2.24. The lowest BCUT2D eigenvalue weighted by Gasteiger charge is -2.05. The summed E-state index contributed by atoms with van der Waals surface area (Å²) in [6, 6.07) is 5.23. The van der Waals surface area contributed by atoms with E-state index in [9.17, 15) is 4.79 Å². The third-order valence-electron chi connectivity index (χ3n) is 2.29. The fraction of sp³-hybridized carbons (Fsp3) is 0.182. The van der Waals surface area contributed by atoms with E-state index in [1.807, 2.05) is 0 Å². The van der Waals surface area contributed by atoms with E-state index in [2.05, 4.69) is 14.8 Å². The van der Waals surface area contributed by atoms with E-state index >= 15 is 0 Å². The number of esters is 1. The van der Waals surface area contributed by atoms with E-state index in [1.165, 1.54) is 18.1 Å². The lowest BCUT2D eigenvalue weighted by atomic mass is 10.2. The molecule has 0 aliphatic rings. The van der Waals surface area contributed by atoms with Gasteiger partial charge < -0.3 is 4.74 Å². The number of carbonyl (C=O) groups is 1. The molecule has 1 heterocycles. The Hall–Kier alpha value is -1.59. The summed E-state index contributed by atoms with van der Waals surface area (Å²) in [6.45, 7) is 0.336. The molecule has 0 saturated heterocycles. The highest BCUT2D eigenvalue weighted by molar-refractivity contribution is 6.35. The second-order valence-electron chi connectivity index (χ2n) is 3.46. The van der Waals surface area contributed by atoms with Crippen molar-refractivity contribution in [2.24, 2.45) is 0 Å². The molecule has 0 spiro atoms. The van der Waals surface area contributed by atoms with Gasteiger partial charge in [-0.15, -0.1) is 5.10 Å². The van der Waals surface area contributed by atoms with E-state index in [1.54, 1.807) is 18.2 Å². The third kappa shape index (κ3) is 2.63. The van der Waals surface area contributed by atoms with Gasteiger partial charge in [-0.3, -0.25) is 0 Å². The highest BCUT2D eigenvalue weighted by atomic mass is 35.5. The van der Waals surface area contributed by atoms with E-state index in [4.69, 9.17) is 23.2 Å². The topological polar surface area (TPSA) is 57.0 Å². The minimum atomic E-state index is -0.584. The fourth-order valence-electron chi connectivity index (χ4n) is 1.40. The van der Waals surface area contributed by atoms with Gasteiger partial charge in [0.05, 0.1) is 13.7 Å². The van der Waals surface area contributed by atoms with Gasteiger partial charge in [-0.25, -0.2) is 14.5 Å². The van der Waals surface area contributed by atoms with Crippen molar-refractivity contribution in [1.82, 2.24) is 14.8 Å². The van der Waals surface area contributed by atoms with E-state index in [-0.39, 0.29) is 5.82 Å². The molecule has 0 N–H and O–H groups in total. The maximum absolute atomic E-state index is 11.2. The Morgan fingerprint density at radius 1 is 1.39 bits per heavy atom. The first-order valence-corrected chi connectivity index (χ1v) is 5.78. The Morgan fingerprint density at radius 3 is 2.67 bits per heavy atom. The van der Waals surface area contributed by atoms with E-state index in [0.717, 1.165) is 5.56 Å². The van der Waals surface area contributed by atoms with Gasteiger partial charge in [0.15, 0.2) is 0 Å². The minimum Gasteiger partial charge on any atom is -0.463 e. The second-order valence-corrected chi connectivity index (χ2v) is 4.27. The number of nitrogens with zero attached hydrogens (tertiary/aromatic N) is 3. The zero-order valence-corrected chi connectivity index (χ0v) is 10.9. The van der Waals surface area contributed by atoms with Crippen molar-refractivity contribution in [3.63, 3.8) is 0 Å². The van der Waals surface area contributed by atoms with Crippen LogP contribution < -0.4 is 0 Å². The summed E-state index contributed by atoms with van der Waals surface area (Å²) in [7, 11) is 1.27. The summed E-state index contributed by atoms with van der Waals surface area (Å²) < 4.78 is 5.99. The monoisotopic (exact) mass is 285 g/mol. The number of aromatic nitrogens is 3. The summed E-state index contributed by atoms with van der Waals surface area (Å²) in [5, 5.41) is 5.05. The number of ether oxygens (including phenoxy) is 1. The number of halogens is 2. The molecule has 0 unspecified atom stereocenters. The summed E-state index contributed by atoms with van der Waals surface area (Å²) in [5.41, 5.74) is 0.724. The molecule has 0 radical (unpaired) electrons. The summed E-state index contributed by atoms with van der Waals surface area (Å²) >= 11 is 12.1. The van der Waals surface area contributed by atoms with Crippen LogP contribution in [0.1, 0.15) is 16.2 Å². The molecular formula is C11H9Cl2N3O2. The van der Waals surface area contributed by atoms with E-state index in [0.29, 0.717) is 16.6 Å². The Morgan fingerprint density at radius 2 is 2.06 bits per heavy atom. The molecule has 0 aliphatic heterocycles. The van der Waals surface area contributed by atoms with Crippen LogP contribution in [0, 0.1) is 0 Å². The first-order valence-electron chi connectivity index (χ1n) is 5.02. The van der Waals surface area contributed by atoms with E-state index < -0.39 is 5.97 Å². The van der Waals surface area contributed by atoms with Gasteiger partial charge in [-0.05, 0) is 12.1 Å². The Kier molecular flexibility index (Phi) is 3.84. The van der Waals surface area contributed by atoms with Gasteiger partial charge in [0.25, 0.3) is 5.82 Å². The van der Waals surface area contributed by atoms with Crippen LogP contribution in [0.15, 0.2) is 24.5 Å². The number of methoxy groups -OCH3 is 1. The smallest absolute Gasteiger partial charge is 0.377 e. The molecule has 0 saturated carbocycles. The summed E-state index contributed by atoms with van der Waals surface area (Å²) in [4.78, 5) is 15.0. The standard InChI is InChI=1S/C11H9Cl2N3O2/c1-18-11(17)10-14-6-16(15-10)5-7-8(12)3-2-4-9(7)13/h2-4,6H,5H2,1H3. The van der Waals surface area contributed by atoms with Gasteiger partial charge in [0.2, 0.25) is 0 Å². The van der Waals surface area contributed by atoms with Crippen LogP contribution in [-0.2, 0) is 11.3 Å². The molecule has 7 heteroatoms. The lowest BCUT2D eigenvalue weighted by Crippen LogP contribution is -2.07.